The maximum absolute atomic E-state index is 13.1. The molecule has 1 aliphatic heterocycles. The van der Waals surface area contributed by atoms with E-state index in [0.717, 1.165) is 11.3 Å². The SMILES string of the molecule is Cc1ccc(NC2=C(c3ccc(Cl)cc3Cl)C(=O)N(CC(C)C)C2=O)cc1. The molecule has 1 N–H and O–H groups in total. The van der Waals surface area contributed by atoms with Crippen LogP contribution in [-0.4, -0.2) is 23.3 Å². The van der Waals surface area contributed by atoms with Crippen molar-refractivity contribution in [2.24, 2.45) is 5.92 Å². The van der Waals surface area contributed by atoms with Crippen LogP contribution in [0.4, 0.5) is 5.69 Å². The number of rotatable bonds is 5. The van der Waals surface area contributed by atoms with Crippen LogP contribution in [0.2, 0.25) is 10.0 Å². The average molecular weight is 403 g/mol. The Labute approximate surface area is 168 Å². The van der Waals surface area contributed by atoms with Crippen LogP contribution in [0.25, 0.3) is 5.57 Å². The van der Waals surface area contributed by atoms with E-state index in [-0.39, 0.29) is 29.0 Å². The number of nitrogens with zero attached hydrogens (tertiary/aromatic N) is 1. The van der Waals surface area contributed by atoms with Crippen molar-refractivity contribution in [2.75, 3.05) is 11.9 Å². The molecular weight excluding hydrogens is 383 g/mol. The molecule has 0 saturated carbocycles. The first-order valence-corrected chi connectivity index (χ1v) is 9.43. The van der Waals surface area contributed by atoms with E-state index in [9.17, 15) is 9.59 Å². The number of carbonyl (C=O) groups is 2. The second kappa shape index (κ2) is 7.75. The minimum Gasteiger partial charge on any atom is -0.350 e. The molecule has 0 aliphatic carbocycles. The number of carbonyl (C=O) groups excluding carboxylic acids is 2. The van der Waals surface area contributed by atoms with Gasteiger partial charge in [0.05, 0.1) is 10.6 Å². The lowest BCUT2D eigenvalue weighted by molar-refractivity contribution is -0.137. The largest absolute Gasteiger partial charge is 0.350 e. The van der Waals surface area contributed by atoms with Gasteiger partial charge >= 0.3 is 0 Å². The maximum Gasteiger partial charge on any atom is 0.278 e. The van der Waals surface area contributed by atoms with Gasteiger partial charge in [-0.15, -0.1) is 0 Å². The number of anilines is 1. The van der Waals surface area contributed by atoms with Gasteiger partial charge in [-0.2, -0.15) is 0 Å². The Morgan fingerprint density at radius 1 is 1.00 bits per heavy atom. The molecule has 0 spiro atoms. The number of imide groups is 1. The molecule has 2 aromatic rings. The first-order valence-electron chi connectivity index (χ1n) is 8.67. The normalized spacial score (nSPS) is 14.5. The molecule has 0 radical (unpaired) electrons. The molecule has 6 heteroatoms. The quantitative estimate of drug-likeness (QED) is 0.703. The van der Waals surface area contributed by atoms with Gasteiger partial charge in [0, 0.05) is 22.8 Å². The average Bonchev–Trinajstić information content (AvgIpc) is 2.81. The van der Waals surface area contributed by atoms with Crippen molar-refractivity contribution in [3.63, 3.8) is 0 Å². The van der Waals surface area contributed by atoms with Gasteiger partial charge in [-0.3, -0.25) is 14.5 Å². The highest BCUT2D eigenvalue weighted by Gasteiger charge is 2.40. The molecule has 140 valence electrons. The third-order valence-corrected chi connectivity index (χ3v) is 4.78. The van der Waals surface area contributed by atoms with Gasteiger partial charge < -0.3 is 5.32 Å². The number of hydrogen-bond donors (Lipinski definition) is 1. The van der Waals surface area contributed by atoms with Crippen molar-refractivity contribution < 1.29 is 9.59 Å². The summed E-state index contributed by atoms with van der Waals surface area (Å²) >= 11 is 12.3. The molecule has 2 amide bonds. The predicted octanol–water partition coefficient (Wildman–Crippen LogP) is 5.15. The van der Waals surface area contributed by atoms with Gasteiger partial charge in [0.25, 0.3) is 11.8 Å². The second-order valence-corrected chi connectivity index (χ2v) is 7.82. The summed E-state index contributed by atoms with van der Waals surface area (Å²) < 4.78 is 0. The summed E-state index contributed by atoms with van der Waals surface area (Å²) in [4.78, 5) is 27.3. The zero-order valence-corrected chi connectivity index (χ0v) is 16.9. The molecular formula is C21H20Cl2N2O2. The number of aryl methyl sites for hydroxylation is 1. The third kappa shape index (κ3) is 4.02. The van der Waals surface area contributed by atoms with Crippen molar-refractivity contribution >= 4 is 46.3 Å². The van der Waals surface area contributed by atoms with Gasteiger partial charge in [-0.25, -0.2) is 0 Å². The summed E-state index contributed by atoms with van der Waals surface area (Å²) in [6, 6.07) is 12.5. The molecule has 0 bridgehead atoms. The van der Waals surface area contributed by atoms with Crippen LogP contribution in [0.1, 0.15) is 25.0 Å². The first kappa shape index (κ1) is 19.5. The number of hydrogen-bond acceptors (Lipinski definition) is 3. The Balaban J connectivity index is 2.10. The molecule has 1 aliphatic rings. The van der Waals surface area contributed by atoms with Gasteiger partial charge in [0.15, 0.2) is 0 Å². The summed E-state index contributed by atoms with van der Waals surface area (Å²) in [5.74, 6) is -0.554. The van der Waals surface area contributed by atoms with Crippen molar-refractivity contribution in [3.8, 4) is 0 Å². The third-order valence-electron chi connectivity index (χ3n) is 4.24. The van der Waals surface area contributed by atoms with Crippen LogP contribution in [0.3, 0.4) is 0 Å². The Morgan fingerprint density at radius 2 is 1.67 bits per heavy atom. The standard InChI is InChI=1S/C21H20Cl2N2O2/c1-12(2)11-25-20(26)18(16-9-6-14(22)10-17(16)23)19(21(25)27)24-15-7-4-13(3)5-8-15/h4-10,12,24H,11H2,1-3H3. The molecule has 0 fully saturated rings. The first-order chi connectivity index (χ1) is 12.8. The predicted molar refractivity (Wildman–Crippen MR) is 110 cm³/mol. The maximum atomic E-state index is 13.1. The van der Waals surface area contributed by atoms with E-state index < -0.39 is 0 Å². The minimum absolute atomic E-state index is 0.151. The Morgan fingerprint density at radius 3 is 2.26 bits per heavy atom. The van der Waals surface area contributed by atoms with E-state index in [1.165, 1.54) is 4.90 Å². The topological polar surface area (TPSA) is 49.4 Å². The highest BCUT2D eigenvalue weighted by Crippen LogP contribution is 2.35. The van der Waals surface area contributed by atoms with Crippen LogP contribution in [-0.2, 0) is 9.59 Å². The van der Waals surface area contributed by atoms with E-state index in [1.54, 1.807) is 18.2 Å². The van der Waals surface area contributed by atoms with Crippen molar-refractivity contribution in [3.05, 3.63) is 69.3 Å². The van der Waals surface area contributed by atoms with E-state index >= 15 is 0 Å². The molecule has 4 nitrogen and oxygen atoms in total. The summed E-state index contributed by atoms with van der Waals surface area (Å²) in [5, 5.41) is 3.91. The zero-order valence-electron chi connectivity index (χ0n) is 15.3. The Kier molecular flexibility index (Phi) is 5.59. The van der Waals surface area contributed by atoms with Crippen molar-refractivity contribution in [2.45, 2.75) is 20.8 Å². The van der Waals surface area contributed by atoms with Crippen LogP contribution in [0, 0.1) is 12.8 Å². The fourth-order valence-corrected chi connectivity index (χ4v) is 3.45. The number of nitrogens with one attached hydrogen (secondary N) is 1. The summed E-state index contributed by atoms with van der Waals surface area (Å²) in [7, 11) is 0. The Bertz CT molecular complexity index is 934. The summed E-state index contributed by atoms with van der Waals surface area (Å²) in [5.41, 5.74) is 2.81. The molecule has 2 aromatic carbocycles. The van der Waals surface area contributed by atoms with Crippen LogP contribution >= 0.6 is 23.2 Å². The fraction of sp³-hybridized carbons (Fsp3) is 0.238. The molecule has 3 rings (SSSR count). The fourth-order valence-electron chi connectivity index (χ4n) is 2.95. The van der Waals surface area contributed by atoms with Gasteiger partial charge in [-0.1, -0.05) is 60.8 Å². The van der Waals surface area contributed by atoms with Gasteiger partial charge in [-0.05, 0) is 37.1 Å². The van der Waals surface area contributed by atoms with E-state index in [2.05, 4.69) is 5.32 Å². The Hall–Kier alpha value is -2.30. The second-order valence-electron chi connectivity index (χ2n) is 6.98. The van der Waals surface area contributed by atoms with Gasteiger partial charge in [0.2, 0.25) is 0 Å². The summed E-state index contributed by atoms with van der Waals surface area (Å²) in [6.45, 7) is 6.24. The molecule has 0 atom stereocenters. The number of benzene rings is 2. The molecule has 0 saturated heterocycles. The monoisotopic (exact) mass is 402 g/mol. The van der Waals surface area contributed by atoms with Gasteiger partial charge in [0.1, 0.15) is 5.70 Å². The van der Waals surface area contributed by atoms with Crippen molar-refractivity contribution in [1.29, 1.82) is 0 Å². The lowest BCUT2D eigenvalue weighted by atomic mass is 10.0. The smallest absolute Gasteiger partial charge is 0.278 e. The highest BCUT2D eigenvalue weighted by atomic mass is 35.5. The van der Waals surface area contributed by atoms with E-state index in [0.29, 0.717) is 22.2 Å². The lowest BCUT2D eigenvalue weighted by Gasteiger charge is -2.17. The minimum atomic E-state index is -0.354. The van der Waals surface area contributed by atoms with Crippen LogP contribution in [0.5, 0.6) is 0 Å². The molecule has 27 heavy (non-hydrogen) atoms. The lowest BCUT2D eigenvalue weighted by Crippen LogP contribution is -2.35. The molecule has 0 aromatic heterocycles. The highest BCUT2D eigenvalue weighted by molar-refractivity contribution is 6.41. The van der Waals surface area contributed by atoms with Crippen LogP contribution in [0.15, 0.2) is 48.2 Å². The number of halogens is 2. The molecule has 0 unspecified atom stereocenters. The van der Waals surface area contributed by atoms with E-state index in [4.69, 9.17) is 23.2 Å². The number of amides is 2. The summed E-state index contributed by atoms with van der Waals surface area (Å²) in [6.07, 6.45) is 0. The van der Waals surface area contributed by atoms with E-state index in [1.807, 2.05) is 45.0 Å². The zero-order chi connectivity index (χ0) is 19.7. The van der Waals surface area contributed by atoms with Crippen LogP contribution < -0.4 is 5.32 Å². The molecule has 1 heterocycles. The van der Waals surface area contributed by atoms with Crippen molar-refractivity contribution in [1.82, 2.24) is 4.90 Å².